The molecule has 1 aromatic carbocycles. The van der Waals surface area contributed by atoms with Gasteiger partial charge in [0.2, 0.25) is 0 Å². The van der Waals surface area contributed by atoms with Crippen LogP contribution in [0.2, 0.25) is 0 Å². The van der Waals surface area contributed by atoms with Crippen LogP contribution in [0.5, 0.6) is 0 Å². The van der Waals surface area contributed by atoms with Gasteiger partial charge in [0, 0.05) is 25.1 Å². The third kappa shape index (κ3) is 3.18. The van der Waals surface area contributed by atoms with Crippen LogP contribution in [0, 0.1) is 5.92 Å². The van der Waals surface area contributed by atoms with E-state index in [2.05, 4.69) is 43.4 Å². The van der Waals surface area contributed by atoms with Crippen LogP contribution in [0.15, 0.2) is 24.3 Å². The van der Waals surface area contributed by atoms with Crippen molar-refractivity contribution < 1.29 is 4.74 Å². The summed E-state index contributed by atoms with van der Waals surface area (Å²) in [6, 6.07) is 9.74. The van der Waals surface area contributed by atoms with Crippen LogP contribution >= 0.6 is 0 Å². The number of nitrogens with one attached hydrogen (secondary N) is 1. The summed E-state index contributed by atoms with van der Waals surface area (Å²) in [5.41, 5.74) is 2.87. The summed E-state index contributed by atoms with van der Waals surface area (Å²) in [6.45, 7) is 6.37. The third-order valence-corrected chi connectivity index (χ3v) is 4.32. The number of rotatable bonds is 5. The van der Waals surface area contributed by atoms with Crippen molar-refractivity contribution in [3.8, 4) is 0 Å². The normalized spacial score (nSPS) is 27.1. The second-order valence-electron chi connectivity index (χ2n) is 6.34. The van der Waals surface area contributed by atoms with E-state index in [1.54, 1.807) is 0 Å². The first-order valence-corrected chi connectivity index (χ1v) is 7.69. The minimum atomic E-state index is 0.291. The average Bonchev–Trinajstić information content (AvgIpc) is 3.15. The van der Waals surface area contributed by atoms with Crippen LogP contribution < -0.4 is 5.32 Å². The Labute approximate surface area is 116 Å². The van der Waals surface area contributed by atoms with E-state index < -0.39 is 0 Å². The molecule has 19 heavy (non-hydrogen) atoms. The van der Waals surface area contributed by atoms with Crippen LogP contribution in [-0.2, 0) is 4.74 Å². The minimum absolute atomic E-state index is 0.291. The van der Waals surface area contributed by atoms with Gasteiger partial charge in [-0.25, -0.2) is 0 Å². The Kier molecular flexibility index (Phi) is 3.90. The molecule has 0 spiro atoms. The zero-order valence-corrected chi connectivity index (χ0v) is 12.1. The van der Waals surface area contributed by atoms with E-state index in [-0.39, 0.29) is 0 Å². The number of hydrogen-bond acceptors (Lipinski definition) is 2. The predicted molar refractivity (Wildman–Crippen MR) is 78.4 cm³/mol. The SMILES string of the molecule is CC(C)NCC1CCOC1c1ccc(C2CC2)cc1. The van der Waals surface area contributed by atoms with Gasteiger partial charge in [-0.05, 0) is 36.3 Å². The lowest BCUT2D eigenvalue weighted by Crippen LogP contribution is -2.30. The molecule has 2 heteroatoms. The molecular weight excluding hydrogens is 234 g/mol. The molecule has 0 bridgehead atoms. The van der Waals surface area contributed by atoms with Crippen molar-refractivity contribution in [2.75, 3.05) is 13.2 Å². The molecule has 1 N–H and O–H groups in total. The quantitative estimate of drug-likeness (QED) is 0.871. The maximum Gasteiger partial charge on any atom is 0.0866 e. The van der Waals surface area contributed by atoms with E-state index in [4.69, 9.17) is 4.74 Å². The summed E-state index contributed by atoms with van der Waals surface area (Å²) in [7, 11) is 0. The first-order chi connectivity index (χ1) is 9.24. The van der Waals surface area contributed by atoms with Crippen molar-refractivity contribution in [2.45, 2.75) is 51.2 Å². The van der Waals surface area contributed by atoms with Crippen LogP contribution in [0.3, 0.4) is 0 Å². The molecule has 2 atom stereocenters. The first kappa shape index (κ1) is 13.1. The summed E-state index contributed by atoms with van der Waals surface area (Å²) >= 11 is 0. The van der Waals surface area contributed by atoms with Crippen LogP contribution in [0.25, 0.3) is 0 Å². The zero-order chi connectivity index (χ0) is 13.2. The van der Waals surface area contributed by atoms with Gasteiger partial charge in [-0.3, -0.25) is 0 Å². The van der Waals surface area contributed by atoms with Crippen LogP contribution in [-0.4, -0.2) is 19.2 Å². The number of ether oxygens (including phenoxy) is 1. The fourth-order valence-electron chi connectivity index (χ4n) is 2.97. The summed E-state index contributed by atoms with van der Waals surface area (Å²) in [5, 5.41) is 3.55. The van der Waals surface area contributed by atoms with Gasteiger partial charge in [0.25, 0.3) is 0 Å². The molecule has 0 radical (unpaired) electrons. The van der Waals surface area contributed by atoms with Crippen LogP contribution in [0.1, 0.15) is 56.3 Å². The van der Waals surface area contributed by atoms with Crippen molar-refractivity contribution in [3.05, 3.63) is 35.4 Å². The molecule has 0 aromatic heterocycles. The summed E-state index contributed by atoms with van der Waals surface area (Å²) in [6.07, 6.45) is 4.22. The molecule has 2 fully saturated rings. The third-order valence-electron chi connectivity index (χ3n) is 4.32. The highest BCUT2D eigenvalue weighted by atomic mass is 16.5. The second-order valence-corrected chi connectivity index (χ2v) is 6.34. The number of benzene rings is 1. The Balaban J connectivity index is 1.65. The lowest BCUT2D eigenvalue weighted by molar-refractivity contribution is 0.0901. The standard InChI is InChI=1S/C17H25NO/c1-12(2)18-11-16-9-10-19-17(16)15-7-5-14(6-8-15)13-3-4-13/h5-8,12-13,16-18H,3-4,9-11H2,1-2H3. The van der Waals surface area contributed by atoms with Crippen molar-refractivity contribution >= 4 is 0 Å². The Bertz CT molecular complexity index is 408. The topological polar surface area (TPSA) is 21.3 Å². The smallest absolute Gasteiger partial charge is 0.0866 e. The molecule has 2 nitrogen and oxygen atoms in total. The molecule has 104 valence electrons. The van der Waals surface area contributed by atoms with Crippen LogP contribution in [0.4, 0.5) is 0 Å². The monoisotopic (exact) mass is 259 g/mol. The van der Waals surface area contributed by atoms with Gasteiger partial charge in [0.1, 0.15) is 0 Å². The summed E-state index contributed by atoms with van der Waals surface area (Å²) < 4.78 is 5.96. The molecule has 2 unspecified atom stereocenters. The summed E-state index contributed by atoms with van der Waals surface area (Å²) in [5.74, 6) is 1.46. The van der Waals surface area contributed by atoms with Crippen molar-refractivity contribution in [3.63, 3.8) is 0 Å². The van der Waals surface area contributed by atoms with E-state index >= 15 is 0 Å². The fraction of sp³-hybridized carbons (Fsp3) is 0.647. The Hall–Kier alpha value is -0.860. The summed E-state index contributed by atoms with van der Waals surface area (Å²) in [4.78, 5) is 0. The molecule has 1 aliphatic heterocycles. The Morgan fingerprint density at radius 3 is 2.42 bits per heavy atom. The minimum Gasteiger partial charge on any atom is -0.373 e. The Morgan fingerprint density at radius 1 is 1.11 bits per heavy atom. The van der Waals surface area contributed by atoms with Gasteiger partial charge in [-0.1, -0.05) is 38.1 Å². The van der Waals surface area contributed by atoms with E-state index in [0.29, 0.717) is 18.1 Å². The molecule has 2 aliphatic rings. The molecule has 1 heterocycles. The highest BCUT2D eigenvalue weighted by Gasteiger charge is 2.30. The van der Waals surface area contributed by atoms with Gasteiger partial charge in [-0.15, -0.1) is 0 Å². The molecule has 3 rings (SSSR count). The van der Waals surface area contributed by atoms with Gasteiger partial charge in [0.05, 0.1) is 6.10 Å². The predicted octanol–water partition coefficient (Wildman–Crippen LogP) is 3.64. The maximum atomic E-state index is 5.96. The molecular formula is C17H25NO. The second kappa shape index (κ2) is 5.64. The van der Waals surface area contributed by atoms with Crippen molar-refractivity contribution in [1.82, 2.24) is 5.32 Å². The average molecular weight is 259 g/mol. The maximum absolute atomic E-state index is 5.96. The van der Waals surface area contributed by atoms with Gasteiger partial charge in [-0.2, -0.15) is 0 Å². The van der Waals surface area contributed by atoms with E-state index in [1.165, 1.54) is 30.4 Å². The van der Waals surface area contributed by atoms with Gasteiger partial charge >= 0.3 is 0 Å². The van der Waals surface area contributed by atoms with Crippen molar-refractivity contribution in [1.29, 1.82) is 0 Å². The van der Waals surface area contributed by atoms with Gasteiger partial charge < -0.3 is 10.1 Å². The Morgan fingerprint density at radius 2 is 1.79 bits per heavy atom. The first-order valence-electron chi connectivity index (χ1n) is 7.69. The highest BCUT2D eigenvalue weighted by Crippen LogP contribution is 2.41. The molecule has 1 saturated heterocycles. The van der Waals surface area contributed by atoms with E-state index in [9.17, 15) is 0 Å². The molecule has 0 amide bonds. The van der Waals surface area contributed by atoms with E-state index in [0.717, 1.165) is 19.1 Å². The fourth-order valence-corrected chi connectivity index (χ4v) is 2.97. The van der Waals surface area contributed by atoms with Crippen molar-refractivity contribution in [2.24, 2.45) is 5.92 Å². The van der Waals surface area contributed by atoms with E-state index in [1.807, 2.05) is 0 Å². The number of hydrogen-bond donors (Lipinski definition) is 1. The van der Waals surface area contributed by atoms with Gasteiger partial charge in [0.15, 0.2) is 0 Å². The lowest BCUT2D eigenvalue weighted by Gasteiger charge is -2.21. The largest absolute Gasteiger partial charge is 0.373 e. The zero-order valence-electron chi connectivity index (χ0n) is 12.1. The highest BCUT2D eigenvalue weighted by molar-refractivity contribution is 5.29. The molecule has 1 aliphatic carbocycles. The lowest BCUT2D eigenvalue weighted by atomic mass is 9.94. The molecule has 1 saturated carbocycles. The molecule has 1 aromatic rings.